The van der Waals surface area contributed by atoms with Crippen molar-refractivity contribution < 1.29 is 0 Å². The maximum absolute atomic E-state index is 8.92. The number of hydrogen-bond donors (Lipinski definition) is 0. The normalized spacial score (nSPS) is 9.83. The van der Waals surface area contributed by atoms with Crippen LogP contribution in [0.5, 0.6) is 0 Å². The molecule has 0 aliphatic heterocycles. The van der Waals surface area contributed by atoms with Crippen molar-refractivity contribution in [1.82, 2.24) is 0 Å². The molecule has 0 aliphatic carbocycles. The number of benzene rings is 2. The van der Waals surface area contributed by atoms with E-state index in [1.807, 2.05) is 37.3 Å². The molecule has 0 saturated heterocycles. The summed E-state index contributed by atoms with van der Waals surface area (Å²) in [4.78, 5) is 2.18. The quantitative estimate of drug-likeness (QED) is 0.815. The van der Waals surface area contributed by atoms with E-state index in [0.717, 1.165) is 23.4 Å². The molecule has 0 atom stereocenters. The van der Waals surface area contributed by atoms with Gasteiger partial charge in [0.2, 0.25) is 0 Å². The Morgan fingerprint density at radius 2 is 1.83 bits per heavy atom. The standard InChI is InChI=1S/C16H16N2/c1-13-10-16(9-8-15(13)11-17)18(2)12-14-6-4-3-5-7-14/h3-10H,12H2,1-2H3. The van der Waals surface area contributed by atoms with Crippen LogP contribution in [0.1, 0.15) is 16.7 Å². The van der Waals surface area contributed by atoms with Gasteiger partial charge in [-0.05, 0) is 36.2 Å². The highest BCUT2D eigenvalue weighted by molar-refractivity contribution is 5.53. The van der Waals surface area contributed by atoms with Crippen molar-refractivity contribution in [3.05, 3.63) is 65.2 Å². The van der Waals surface area contributed by atoms with Crippen LogP contribution >= 0.6 is 0 Å². The van der Waals surface area contributed by atoms with Crippen LogP contribution < -0.4 is 4.90 Å². The predicted molar refractivity (Wildman–Crippen MR) is 74.4 cm³/mol. The van der Waals surface area contributed by atoms with E-state index >= 15 is 0 Å². The minimum Gasteiger partial charge on any atom is -0.370 e. The topological polar surface area (TPSA) is 27.0 Å². The number of hydrogen-bond acceptors (Lipinski definition) is 2. The molecule has 18 heavy (non-hydrogen) atoms. The van der Waals surface area contributed by atoms with Crippen molar-refractivity contribution >= 4 is 5.69 Å². The van der Waals surface area contributed by atoms with E-state index in [4.69, 9.17) is 5.26 Å². The molecule has 0 fully saturated rings. The molecule has 0 unspecified atom stereocenters. The summed E-state index contributed by atoms with van der Waals surface area (Å²) in [5, 5.41) is 8.92. The molecular weight excluding hydrogens is 220 g/mol. The first-order chi connectivity index (χ1) is 8.70. The molecule has 2 aromatic carbocycles. The van der Waals surface area contributed by atoms with E-state index in [2.05, 4.69) is 36.2 Å². The summed E-state index contributed by atoms with van der Waals surface area (Å²) >= 11 is 0. The second-order valence-corrected chi connectivity index (χ2v) is 4.45. The highest BCUT2D eigenvalue weighted by Gasteiger charge is 2.04. The number of nitrogens with zero attached hydrogens (tertiary/aromatic N) is 2. The third kappa shape index (κ3) is 2.70. The summed E-state index contributed by atoms with van der Waals surface area (Å²) in [5.74, 6) is 0. The van der Waals surface area contributed by atoms with E-state index in [9.17, 15) is 0 Å². The van der Waals surface area contributed by atoms with Gasteiger partial charge < -0.3 is 4.90 Å². The number of nitriles is 1. The fourth-order valence-corrected chi connectivity index (χ4v) is 1.96. The summed E-state index contributed by atoms with van der Waals surface area (Å²) in [7, 11) is 2.06. The first-order valence-electron chi connectivity index (χ1n) is 5.96. The van der Waals surface area contributed by atoms with Crippen molar-refractivity contribution in [1.29, 1.82) is 5.26 Å². The van der Waals surface area contributed by atoms with Crippen LogP contribution in [0, 0.1) is 18.3 Å². The van der Waals surface area contributed by atoms with Gasteiger partial charge in [-0.15, -0.1) is 0 Å². The van der Waals surface area contributed by atoms with Gasteiger partial charge in [0.15, 0.2) is 0 Å². The minimum atomic E-state index is 0.742. The van der Waals surface area contributed by atoms with E-state index in [1.165, 1.54) is 5.56 Å². The molecule has 2 heteroatoms. The molecule has 0 radical (unpaired) electrons. The lowest BCUT2D eigenvalue weighted by Gasteiger charge is -2.20. The molecule has 0 aliphatic rings. The molecule has 0 amide bonds. The molecule has 0 saturated carbocycles. The molecule has 0 heterocycles. The van der Waals surface area contributed by atoms with Gasteiger partial charge in [0.05, 0.1) is 11.6 Å². The van der Waals surface area contributed by atoms with Crippen molar-refractivity contribution in [2.24, 2.45) is 0 Å². The lowest BCUT2D eigenvalue weighted by molar-refractivity contribution is 0.922. The van der Waals surface area contributed by atoms with Crippen LogP contribution in [0.3, 0.4) is 0 Å². The SMILES string of the molecule is Cc1cc(N(C)Cc2ccccc2)ccc1C#N. The van der Waals surface area contributed by atoms with Crippen LogP contribution in [0.15, 0.2) is 48.5 Å². The Balaban J connectivity index is 2.17. The minimum absolute atomic E-state index is 0.742. The average molecular weight is 236 g/mol. The first kappa shape index (κ1) is 12.2. The zero-order valence-corrected chi connectivity index (χ0v) is 10.7. The molecule has 0 N–H and O–H groups in total. The van der Waals surface area contributed by atoms with Gasteiger partial charge in [0.25, 0.3) is 0 Å². The monoisotopic (exact) mass is 236 g/mol. The molecular formula is C16H16N2. The highest BCUT2D eigenvalue weighted by atomic mass is 15.1. The smallest absolute Gasteiger partial charge is 0.0994 e. The van der Waals surface area contributed by atoms with E-state index in [-0.39, 0.29) is 0 Å². The van der Waals surface area contributed by atoms with Crippen LogP contribution in [0.2, 0.25) is 0 Å². The lowest BCUT2D eigenvalue weighted by atomic mass is 10.1. The Bertz CT molecular complexity index is 567. The van der Waals surface area contributed by atoms with Crippen molar-refractivity contribution in [2.75, 3.05) is 11.9 Å². The molecule has 2 aromatic rings. The predicted octanol–water partition coefficient (Wildman–Crippen LogP) is 3.50. The first-order valence-corrected chi connectivity index (χ1v) is 5.96. The van der Waals surface area contributed by atoms with Crippen LogP contribution in [-0.4, -0.2) is 7.05 Å². The molecule has 0 bridgehead atoms. The molecule has 2 nitrogen and oxygen atoms in total. The summed E-state index contributed by atoms with van der Waals surface area (Å²) in [6.07, 6.45) is 0. The number of anilines is 1. The second kappa shape index (κ2) is 5.37. The molecule has 90 valence electrons. The zero-order valence-electron chi connectivity index (χ0n) is 10.7. The second-order valence-electron chi connectivity index (χ2n) is 4.45. The largest absolute Gasteiger partial charge is 0.370 e. The van der Waals surface area contributed by atoms with Gasteiger partial charge in [0.1, 0.15) is 0 Å². The maximum Gasteiger partial charge on any atom is 0.0994 e. The van der Waals surface area contributed by atoms with E-state index in [0.29, 0.717) is 0 Å². The third-order valence-corrected chi connectivity index (χ3v) is 3.03. The summed E-state index contributed by atoms with van der Waals surface area (Å²) in [5.41, 5.74) is 4.18. The Labute approximate surface area is 108 Å². The molecule has 2 rings (SSSR count). The van der Waals surface area contributed by atoms with Crippen molar-refractivity contribution in [3.63, 3.8) is 0 Å². The number of rotatable bonds is 3. The van der Waals surface area contributed by atoms with Crippen molar-refractivity contribution in [3.8, 4) is 6.07 Å². The maximum atomic E-state index is 8.92. The van der Waals surface area contributed by atoms with Crippen molar-refractivity contribution in [2.45, 2.75) is 13.5 Å². The third-order valence-electron chi connectivity index (χ3n) is 3.03. The Morgan fingerprint density at radius 1 is 1.11 bits per heavy atom. The Kier molecular flexibility index (Phi) is 3.64. The van der Waals surface area contributed by atoms with E-state index in [1.54, 1.807) is 0 Å². The average Bonchev–Trinajstić information content (AvgIpc) is 2.39. The fraction of sp³-hybridized carbons (Fsp3) is 0.188. The van der Waals surface area contributed by atoms with Gasteiger partial charge in [-0.3, -0.25) is 0 Å². The summed E-state index contributed by atoms with van der Waals surface area (Å²) in [6.45, 7) is 2.84. The molecule has 0 aromatic heterocycles. The highest BCUT2D eigenvalue weighted by Crippen LogP contribution is 2.19. The fourth-order valence-electron chi connectivity index (χ4n) is 1.96. The van der Waals surface area contributed by atoms with Gasteiger partial charge in [0, 0.05) is 19.3 Å². The van der Waals surface area contributed by atoms with Crippen LogP contribution in [0.4, 0.5) is 5.69 Å². The van der Waals surface area contributed by atoms with Crippen LogP contribution in [0.25, 0.3) is 0 Å². The summed E-state index contributed by atoms with van der Waals surface area (Å²) in [6, 6.07) is 18.5. The number of aryl methyl sites for hydroxylation is 1. The Hall–Kier alpha value is -2.27. The lowest BCUT2D eigenvalue weighted by Crippen LogP contribution is -2.16. The zero-order chi connectivity index (χ0) is 13.0. The Morgan fingerprint density at radius 3 is 2.44 bits per heavy atom. The van der Waals surface area contributed by atoms with Gasteiger partial charge in [-0.1, -0.05) is 30.3 Å². The van der Waals surface area contributed by atoms with Crippen LogP contribution in [-0.2, 0) is 6.54 Å². The summed E-state index contributed by atoms with van der Waals surface area (Å²) < 4.78 is 0. The van der Waals surface area contributed by atoms with Gasteiger partial charge in [-0.2, -0.15) is 5.26 Å². The van der Waals surface area contributed by atoms with Gasteiger partial charge in [-0.25, -0.2) is 0 Å². The van der Waals surface area contributed by atoms with E-state index < -0.39 is 0 Å². The van der Waals surface area contributed by atoms with Gasteiger partial charge >= 0.3 is 0 Å². The molecule has 0 spiro atoms.